The largest absolute Gasteiger partial charge is 0.319 e. The van der Waals surface area contributed by atoms with Crippen molar-refractivity contribution < 1.29 is 4.79 Å². The van der Waals surface area contributed by atoms with E-state index in [9.17, 15) is 4.79 Å². The monoisotopic (exact) mass is 335 g/mol. The Kier molecular flexibility index (Phi) is 3.42. The van der Waals surface area contributed by atoms with Crippen molar-refractivity contribution in [3.8, 4) is 11.4 Å². The summed E-state index contributed by atoms with van der Waals surface area (Å²) in [6.45, 7) is 1.86. The van der Waals surface area contributed by atoms with E-state index in [2.05, 4.69) is 35.9 Å². The van der Waals surface area contributed by atoms with Gasteiger partial charge in [0.2, 0.25) is 5.82 Å². The first-order valence-electron chi connectivity index (χ1n) is 7.44. The number of carbonyl (C=O) groups is 1. The molecular formula is C15H13N9O. The maximum Gasteiger partial charge on any atom is 0.295 e. The number of aryl methyl sites for hydroxylation is 2. The normalized spacial score (nSPS) is 11.0. The van der Waals surface area contributed by atoms with Crippen molar-refractivity contribution in [1.29, 1.82) is 0 Å². The standard InChI is InChI=1S/C15H13N9O/c1-9-6-7-16-15-18-12(20-24(9)15)14(25)17-11-5-3-4-10(8-11)13-19-21-22-23(13)2/h3-8H,1-2H3,(H,17,25). The van der Waals surface area contributed by atoms with Crippen LogP contribution in [0.4, 0.5) is 5.69 Å². The predicted molar refractivity (Wildman–Crippen MR) is 87.7 cm³/mol. The fraction of sp³-hybridized carbons (Fsp3) is 0.133. The summed E-state index contributed by atoms with van der Waals surface area (Å²) in [6.07, 6.45) is 1.62. The van der Waals surface area contributed by atoms with Crippen molar-refractivity contribution in [3.05, 3.63) is 48.0 Å². The van der Waals surface area contributed by atoms with Gasteiger partial charge in [-0.25, -0.2) is 14.2 Å². The Morgan fingerprint density at radius 1 is 1.24 bits per heavy atom. The SMILES string of the molecule is Cc1ccnc2nc(C(=O)Nc3cccc(-c4nnnn4C)c3)nn12. The van der Waals surface area contributed by atoms with Crippen LogP contribution in [0.2, 0.25) is 0 Å². The molecule has 25 heavy (non-hydrogen) atoms. The second-order valence-corrected chi connectivity index (χ2v) is 5.39. The zero-order valence-electron chi connectivity index (χ0n) is 13.5. The number of anilines is 1. The minimum absolute atomic E-state index is 0.0486. The first-order valence-corrected chi connectivity index (χ1v) is 7.44. The van der Waals surface area contributed by atoms with Gasteiger partial charge in [-0.1, -0.05) is 12.1 Å². The van der Waals surface area contributed by atoms with Crippen molar-refractivity contribution >= 4 is 17.4 Å². The molecule has 1 amide bonds. The van der Waals surface area contributed by atoms with Crippen LogP contribution < -0.4 is 5.32 Å². The minimum Gasteiger partial charge on any atom is -0.319 e. The molecular weight excluding hydrogens is 322 g/mol. The number of hydrogen-bond donors (Lipinski definition) is 1. The highest BCUT2D eigenvalue weighted by Gasteiger charge is 2.15. The molecule has 10 nitrogen and oxygen atoms in total. The van der Waals surface area contributed by atoms with Crippen LogP contribution in [0.3, 0.4) is 0 Å². The van der Waals surface area contributed by atoms with E-state index in [0.717, 1.165) is 11.3 Å². The molecule has 0 aliphatic rings. The van der Waals surface area contributed by atoms with Crippen LogP contribution in [0.25, 0.3) is 17.2 Å². The number of hydrogen-bond acceptors (Lipinski definition) is 7. The Morgan fingerprint density at radius 2 is 2.12 bits per heavy atom. The summed E-state index contributed by atoms with van der Waals surface area (Å²) in [7, 11) is 1.75. The van der Waals surface area contributed by atoms with E-state index in [1.807, 2.05) is 19.1 Å². The average molecular weight is 335 g/mol. The van der Waals surface area contributed by atoms with Crippen molar-refractivity contribution in [2.75, 3.05) is 5.32 Å². The number of fused-ring (bicyclic) bond motifs is 1. The summed E-state index contributed by atoms with van der Waals surface area (Å²) in [5, 5.41) is 18.3. The third-order valence-corrected chi connectivity index (χ3v) is 3.63. The lowest BCUT2D eigenvalue weighted by atomic mass is 10.2. The third-order valence-electron chi connectivity index (χ3n) is 3.63. The number of tetrazole rings is 1. The van der Waals surface area contributed by atoms with Gasteiger partial charge in [-0.3, -0.25) is 4.79 Å². The lowest BCUT2D eigenvalue weighted by Crippen LogP contribution is -2.14. The average Bonchev–Trinajstić information content (AvgIpc) is 3.22. The fourth-order valence-electron chi connectivity index (χ4n) is 2.40. The highest BCUT2D eigenvalue weighted by atomic mass is 16.2. The molecule has 124 valence electrons. The Labute approximate surface area is 141 Å². The Hall–Kier alpha value is -3.69. The topological polar surface area (TPSA) is 116 Å². The van der Waals surface area contributed by atoms with Gasteiger partial charge < -0.3 is 5.32 Å². The van der Waals surface area contributed by atoms with E-state index in [4.69, 9.17) is 0 Å². The lowest BCUT2D eigenvalue weighted by Gasteiger charge is -2.05. The van der Waals surface area contributed by atoms with Gasteiger partial charge in [0.25, 0.3) is 11.7 Å². The van der Waals surface area contributed by atoms with Gasteiger partial charge in [-0.05, 0) is 35.5 Å². The quantitative estimate of drug-likeness (QED) is 0.590. The smallest absolute Gasteiger partial charge is 0.295 e. The number of carbonyl (C=O) groups excluding carboxylic acids is 1. The molecule has 0 atom stereocenters. The van der Waals surface area contributed by atoms with Crippen LogP contribution in [0.5, 0.6) is 0 Å². The number of nitrogens with zero attached hydrogens (tertiary/aromatic N) is 8. The Bertz CT molecular complexity index is 1080. The minimum atomic E-state index is -0.418. The van der Waals surface area contributed by atoms with Crippen molar-refractivity contribution in [1.82, 2.24) is 39.8 Å². The van der Waals surface area contributed by atoms with E-state index in [1.165, 1.54) is 4.52 Å². The van der Waals surface area contributed by atoms with E-state index >= 15 is 0 Å². The summed E-state index contributed by atoms with van der Waals surface area (Å²) in [4.78, 5) is 20.7. The van der Waals surface area contributed by atoms with Crippen LogP contribution in [0, 0.1) is 6.92 Å². The number of benzene rings is 1. The molecule has 0 unspecified atom stereocenters. The number of amides is 1. The van der Waals surface area contributed by atoms with Gasteiger partial charge in [0.1, 0.15) is 0 Å². The van der Waals surface area contributed by atoms with Crippen LogP contribution >= 0.6 is 0 Å². The van der Waals surface area contributed by atoms with Crippen molar-refractivity contribution in [3.63, 3.8) is 0 Å². The molecule has 0 fully saturated rings. The third kappa shape index (κ3) is 2.69. The molecule has 3 heterocycles. The molecule has 0 saturated carbocycles. The number of rotatable bonds is 3. The lowest BCUT2D eigenvalue weighted by molar-refractivity contribution is 0.101. The van der Waals surface area contributed by atoms with E-state index in [1.54, 1.807) is 36.1 Å². The van der Waals surface area contributed by atoms with Crippen LogP contribution in [-0.2, 0) is 7.05 Å². The first kappa shape index (κ1) is 14.9. The zero-order valence-corrected chi connectivity index (χ0v) is 13.5. The zero-order chi connectivity index (χ0) is 17.4. The fourth-order valence-corrected chi connectivity index (χ4v) is 2.40. The van der Waals surface area contributed by atoms with Gasteiger partial charge in [-0.15, -0.1) is 10.2 Å². The van der Waals surface area contributed by atoms with E-state index in [0.29, 0.717) is 17.3 Å². The summed E-state index contributed by atoms with van der Waals surface area (Å²) >= 11 is 0. The van der Waals surface area contributed by atoms with Gasteiger partial charge in [0.05, 0.1) is 0 Å². The molecule has 0 aliphatic heterocycles. The molecule has 4 aromatic rings. The predicted octanol–water partition coefficient (Wildman–Crippen LogP) is 0.876. The summed E-state index contributed by atoms with van der Waals surface area (Å²) in [6, 6.07) is 9.01. The Balaban J connectivity index is 1.62. The molecule has 1 N–H and O–H groups in total. The molecule has 0 saturated heterocycles. The van der Waals surface area contributed by atoms with Crippen LogP contribution in [-0.4, -0.2) is 45.7 Å². The molecule has 0 radical (unpaired) electrons. The highest BCUT2D eigenvalue weighted by Crippen LogP contribution is 2.19. The molecule has 1 aromatic carbocycles. The van der Waals surface area contributed by atoms with Crippen LogP contribution in [0.1, 0.15) is 16.3 Å². The van der Waals surface area contributed by atoms with Crippen molar-refractivity contribution in [2.45, 2.75) is 6.92 Å². The van der Waals surface area contributed by atoms with E-state index in [-0.39, 0.29) is 5.82 Å². The maximum atomic E-state index is 12.4. The number of aromatic nitrogens is 8. The number of nitrogens with one attached hydrogen (secondary N) is 1. The first-order chi connectivity index (χ1) is 12.1. The highest BCUT2D eigenvalue weighted by molar-refractivity contribution is 6.02. The Morgan fingerprint density at radius 3 is 2.88 bits per heavy atom. The van der Waals surface area contributed by atoms with Gasteiger partial charge in [0.15, 0.2) is 5.82 Å². The molecule has 10 heteroatoms. The van der Waals surface area contributed by atoms with Gasteiger partial charge in [0, 0.05) is 30.2 Å². The molecule has 4 rings (SSSR count). The molecule has 3 aromatic heterocycles. The van der Waals surface area contributed by atoms with Gasteiger partial charge in [-0.2, -0.15) is 4.98 Å². The van der Waals surface area contributed by atoms with E-state index < -0.39 is 5.91 Å². The summed E-state index contributed by atoms with van der Waals surface area (Å²) < 4.78 is 3.08. The van der Waals surface area contributed by atoms with Crippen molar-refractivity contribution in [2.24, 2.45) is 7.05 Å². The van der Waals surface area contributed by atoms with Crippen LogP contribution in [0.15, 0.2) is 36.5 Å². The maximum absolute atomic E-state index is 12.4. The second-order valence-electron chi connectivity index (χ2n) is 5.39. The summed E-state index contributed by atoms with van der Waals surface area (Å²) in [5.41, 5.74) is 2.22. The molecule has 0 spiro atoms. The molecule has 0 aliphatic carbocycles. The van der Waals surface area contributed by atoms with Gasteiger partial charge >= 0.3 is 0 Å². The molecule has 0 bridgehead atoms. The summed E-state index contributed by atoms with van der Waals surface area (Å²) in [5.74, 6) is 0.608. The second kappa shape index (κ2) is 5.74.